The summed E-state index contributed by atoms with van der Waals surface area (Å²) in [6.45, 7) is 8.98. The van der Waals surface area contributed by atoms with Crippen molar-refractivity contribution >= 4 is 0 Å². The van der Waals surface area contributed by atoms with Crippen LogP contribution >= 0.6 is 0 Å². The molecule has 1 aromatic heterocycles. The average molecular weight is 241 g/mol. The van der Waals surface area contributed by atoms with Crippen LogP contribution in [-0.4, -0.2) is 35.4 Å². The molecule has 0 amide bonds. The van der Waals surface area contributed by atoms with Gasteiger partial charge in [0.2, 0.25) is 5.89 Å². The van der Waals surface area contributed by atoms with Crippen molar-refractivity contribution in [3.8, 4) is 0 Å². The topological polar surface area (TPSA) is 60.2 Å². The summed E-state index contributed by atoms with van der Waals surface area (Å²) in [6.07, 6.45) is 1.75. The van der Waals surface area contributed by atoms with E-state index in [-0.39, 0.29) is 5.60 Å². The van der Waals surface area contributed by atoms with Gasteiger partial charge >= 0.3 is 0 Å². The van der Waals surface area contributed by atoms with Crippen LogP contribution in [0.25, 0.3) is 0 Å². The second-order valence-corrected chi connectivity index (χ2v) is 5.00. The van der Waals surface area contributed by atoms with E-state index in [1.165, 1.54) is 0 Å². The van der Waals surface area contributed by atoms with Gasteiger partial charge in [-0.2, -0.15) is 4.98 Å². The molecule has 17 heavy (non-hydrogen) atoms. The van der Waals surface area contributed by atoms with Crippen molar-refractivity contribution in [2.75, 3.05) is 13.7 Å². The first-order valence-corrected chi connectivity index (χ1v) is 6.00. The van der Waals surface area contributed by atoms with Crippen LogP contribution in [0.1, 0.15) is 38.9 Å². The van der Waals surface area contributed by atoms with E-state index in [0.29, 0.717) is 11.9 Å². The zero-order chi connectivity index (χ0) is 12.9. The van der Waals surface area contributed by atoms with Crippen LogP contribution in [0.15, 0.2) is 4.52 Å². The lowest BCUT2D eigenvalue weighted by atomic mass is 10.00. The number of hydrogen-bond donors (Lipinski definition) is 1. The fraction of sp³-hybridized carbons (Fsp3) is 0.833. The lowest BCUT2D eigenvalue weighted by Gasteiger charge is -2.27. The summed E-state index contributed by atoms with van der Waals surface area (Å²) >= 11 is 0. The van der Waals surface area contributed by atoms with E-state index in [0.717, 1.165) is 25.2 Å². The molecular formula is C12H23N3O2. The molecule has 1 N–H and O–H groups in total. The third-order valence-electron chi connectivity index (χ3n) is 2.76. The Morgan fingerprint density at radius 1 is 1.47 bits per heavy atom. The van der Waals surface area contributed by atoms with E-state index in [9.17, 15) is 0 Å². The molecule has 0 aliphatic carbocycles. The number of ether oxygens (including phenoxy) is 1. The van der Waals surface area contributed by atoms with Crippen LogP contribution in [0, 0.1) is 6.92 Å². The van der Waals surface area contributed by atoms with E-state index in [1.54, 1.807) is 14.0 Å². The van der Waals surface area contributed by atoms with Crippen molar-refractivity contribution in [1.82, 2.24) is 15.5 Å². The van der Waals surface area contributed by atoms with Gasteiger partial charge in [-0.1, -0.05) is 5.16 Å². The highest BCUT2D eigenvalue weighted by Crippen LogP contribution is 2.15. The molecule has 0 saturated heterocycles. The van der Waals surface area contributed by atoms with Crippen molar-refractivity contribution in [3.05, 3.63) is 11.7 Å². The standard InChI is InChI=1S/C12H23N3O2/c1-9(8-12(3,4)16-5)13-7-6-11-14-10(2)17-15-11/h9,13H,6-8H2,1-5H3. The maximum absolute atomic E-state index is 5.40. The van der Waals surface area contributed by atoms with E-state index < -0.39 is 0 Å². The smallest absolute Gasteiger partial charge is 0.223 e. The number of rotatable bonds is 7. The van der Waals surface area contributed by atoms with E-state index in [2.05, 4.69) is 36.2 Å². The van der Waals surface area contributed by atoms with Crippen LogP contribution in [0.4, 0.5) is 0 Å². The Hall–Kier alpha value is -0.940. The molecule has 1 rings (SSSR count). The van der Waals surface area contributed by atoms with Crippen LogP contribution in [0.3, 0.4) is 0 Å². The molecular weight excluding hydrogens is 218 g/mol. The van der Waals surface area contributed by atoms with Crippen LogP contribution < -0.4 is 5.32 Å². The highest BCUT2D eigenvalue weighted by Gasteiger charge is 2.19. The monoisotopic (exact) mass is 241 g/mol. The largest absolute Gasteiger partial charge is 0.379 e. The van der Waals surface area contributed by atoms with Gasteiger partial charge in [-0.25, -0.2) is 0 Å². The molecule has 1 unspecified atom stereocenters. The predicted octanol–water partition coefficient (Wildman–Crippen LogP) is 1.71. The third kappa shape index (κ3) is 5.28. The summed E-state index contributed by atoms with van der Waals surface area (Å²) in [4.78, 5) is 4.16. The van der Waals surface area contributed by atoms with E-state index in [1.807, 2.05) is 0 Å². The summed E-state index contributed by atoms with van der Waals surface area (Å²) in [5, 5.41) is 7.28. The Bertz CT molecular complexity index is 336. The van der Waals surface area contributed by atoms with Gasteiger partial charge in [-0.05, 0) is 27.2 Å². The van der Waals surface area contributed by atoms with Gasteiger partial charge in [0.15, 0.2) is 5.82 Å². The minimum Gasteiger partial charge on any atom is -0.379 e. The van der Waals surface area contributed by atoms with Crippen molar-refractivity contribution in [2.45, 2.75) is 52.2 Å². The van der Waals surface area contributed by atoms with Gasteiger partial charge in [0.1, 0.15) is 0 Å². The molecule has 5 heteroatoms. The van der Waals surface area contributed by atoms with Gasteiger partial charge in [0, 0.05) is 33.0 Å². The molecule has 0 bridgehead atoms. The lowest BCUT2D eigenvalue weighted by molar-refractivity contribution is 0.00864. The second kappa shape index (κ2) is 6.12. The molecule has 98 valence electrons. The molecule has 0 radical (unpaired) electrons. The van der Waals surface area contributed by atoms with Crippen molar-refractivity contribution in [3.63, 3.8) is 0 Å². The van der Waals surface area contributed by atoms with Gasteiger partial charge in [0.05, 0.1) is 5.60 Å². The van der Waals surface area contributed by atoms with Gasteiger partial charge in [0.25, 0.3) is 0 Å². The van der Waals surface area contributed by atoms with Crippen LogP contribution in [-0.2, 0) is 11.2 Å². The van der Waals surface area contributed by atoms with E-state index >= 15 is 0 Å². The molecule has 0 fully saturated rings. The highest BCUT2D eigenvalue weighted by atomic mass is 16.5. The van der Waals surface area contributed by atoms with Gasteiger partial charge < -0.3 is 14.6 Å². The predicted molar refractivity (Wildman–Crippen MR) is 65.9 cm³/mol. The highest BCUT2D eigenvalue weighted by molar-refractivity contribution is 4.85. The molecule has 0 aliphatic rings. The van der Waals surface area contributed by atoms with Crippen molar-refractivity contribution in [2.24, 2.45) is 0 Å². The molecule has 1 heterocycles. The number of nitrogens with one attached hydrogen (secondary N) is 1. The molecule has 5 nitrogen and oxygen atoms in total. The molecule has 1 atom stereocenters. The summed E-state index contributed by atoms with van der Waals surface area (Å²) in [5.74, 6) is 1.38. The summed E-state index contributed by atoms with van der Waals surface area (Å²) in [5.41, 5.74) is -0.0881. The fourth-order valence-corrected chi connectivity index (χ4v) is 1.77. The Balaban J connectivity index is 2.22. The third-order valence-corrected chi connectivity index (χ3v) is 2.76. The maximum Gasteiger partial charge on any atom is 0.223 e. The minimum atomic E-state index is -0.0881. The minimum absolute atomic E-state index is 0.0881. The first kappa shape index (κ1) is 14.1. The SMILES string of the molecule is COC(C)(C)CC(C)NCCc1noc(C)n1. The quantitative estimate of drug-likeness (QED) is 0.787. The average Bonchev–Trinajstić information content (AvgIpc) is 2.63. The molecule has 0 aliphatic heterocycles. The summed E-state index contributed by atoms with van der Waals surface area (Å²) in [7, 11) is 1.74. The Morgan fingerprint density at radius 3 is 2.71 bits per heavy atom. The Kier molecular flexibility index (Phi) is 5.08. The number of nitrogens with zero attached hydrogens (tertiary/aromatic N) is 2. The zero-order valence-electron chi connectivity index (χ0n) is 11.4. The molecule has 1 aromatic rings. The van der Waals surface area contributed by atoms with Crippen LogP contribution in [0.2, 0.25) is 0 Å². The second-order valence-electron chi connectivity index (χ2n) is 5.00. The molecule has 0 spiro atoms. The summed E-state index contributed by atoms with van der Waals surface area (Å²) in [6, 6.07) is 0.401. The van der Waals surface area contributed by atoms with E-state index in [4.69, 9.17) is 9.26 Å². The van der Waals surface area contributed by atoms with Gasteiger partial charge in [-0.15, -0.1) is 0 Å². The number of aromatic nitrogens is 2. The molecule has 0 saturated carbocycles. The molecule has 0 aromatic carbocycles. The van der Waals surface area contributed by atoms with Crippen molar-refractivity contribution < 1.29 is 9.26 Å². The Labute approximate surface area is 103 Å². The normalized spacial score (nSPS) is 13.9. The first-order chi connectivity index (χ1) is 7.93. The summed E-state index contributed by atoms with van der Waals surface area (Å²) < 4.78 is 10.3. The fourth-order valence-electron chi connectivity index (χ4n) is 1.77. The number of hydrogen-bond acceptors (Lipinski definition) is 5. The number of aryl methyl sites for hydroxylation is 1. The Morgan fingerprint density at radius 2 is 2.18 bits per heavy atom. The van der Waals surface area contributed by atoms with Crippen LogP contribution in [0.5, 0.6) is 0 Å². The maximum atomic E-state index is 5.40. The first-order valence-electron chi connectivity index (χ1n) is 6.00. The van der Waals surface area contributed by atoms with Gasteiger partial charge in [-0.3, -0.25) is 0 Å². The lowest BCUT2D eigenvalue weighted by Crippen LogP contribution is -2.36. The zero-order valence-corrected chi connectivity index (χ0v) is 11.4. The van der Waals surface area contributed by atoms with Crippen molar-refractivity contribution in [1.29, 1.82) is 0 Å². The number of methoxy groups -OCH3 is 1.